The maximum absolute atomic E-state index is 12.4. The molecule has 0 saturated carbocycles. The zero-order valence-electron chi connectivity index (χ0n) is 34.5. The van der Waals surface area contributed by atoms with Crippen LogP contribution in [0.3, 0.4) is 0 Å². The zero-order valence-corrected chi connectivity index (χ0v) is 34.5. The van der Waals surface area contributed by atoms with E-state index in [4.69, 9.17) is 9.97 Å². The van der Waals surface area contributed by atoms with Gasteiger partial charge in [0, 0.05) is 84.1 Å². The number of fused-ring (bicyclic) bond motifs is 28. The summed E-state index contributed by atoms with van der Waals surface area (Å²) in [7, 11) is 0. The van der Waals surface area contributed by atoms with Crippen LogP contribution in [0, 0.1) is 37.3 Å². The summed E-state index contributed by atoms with van der Waals surface area (Å²) >= 11 is 0. The number of H-pyrrole nitrogens is 2. The van der Waals surface area contributed by atoms with Crippen molar-refractivity contribution in [3.63, 3.8) is 0 Å². The Morgan fingerprint density at radius 3 is 1.21 bits per heavy atom. The van der Waals surface area contributed by atoms with E-state index in [0.717, 1.165) is 71.2 Å². The van der Waals surface area contributed by atoms with Gasteiger partial charge in [-0.2, -0.15) is 0 Å². The number of aryl methyl sites for hydroxylation is 1. The lowest BCUT2D eigenvalue weighted by Gasteiger charge is -2.06. The molecule has 66 heavy (non-hydrogen) atoms. The van der Waals surface area contributed by atoms with E-state index >= 15 is 0 Å². The van der Waals surface area contributed by atoms with Crippen molar-refractivity contribution in [2.45, 2.75) is 6.92 Å². The molecule has 0 aliphatic carbocycles. The average Bonchev–Trinajstić information content (AvgIpc) is 4.06. The monoisotopic (exact) mass is 859 g/mol. The topological polar surface area (TPSA) is 187 Å². The smallest absolute Gasteiger partial charge is 0.277 e. The molecule has 0 fully saturated rings. The number of nitro benzene ring substituents is 3. The minimum Gasteiger partial charge on any atom is -0.354 e. The van der Waals surface area contributed by atoms with Crippen LogP contribution in [0.2, 0.25) is 0 Å². The Hall–Kier alpha value is -9.36. The molecule has 5 heterocycles. The van der Waals surface area contributed by atoms with Gasteiger partial charge in [-0.15, -0.1) is 0 Å². The second kappa shape index (κ2) is 13.3. The third-order valence-electron chi connectivity index (χ3n) is 13.3. The molecule has 3 aromatic heterocycles. The first-order chi connectivity index (χ1) is 32.1. The van der Waals surface area contributed by atoms with Crippen molar-refractivity contribution in [1.82, 2.24) is 19.9 Å². The van der Waals surface area contributed by atoms with Crippen molar-refractivity contribution < 1.29 is 14.8 Å². The summed E-state index contributed by atoms with van der Waals surface area (Å²) in [6, 6.07) is 44.4. The normalized spacial score (nSPS) is 12.1. The number of aromatic nitrogens is 4. The van der Waals surface area contributed by atoms with Gasteiger partial charge in [0.2, 0.25) is 0 Å². The van der Waals surface area contributed by atoms with E-state index in [9.17, 15) is 30.3 Å². The third kappa shape index (κ3) is 5.15. The molecule has 0 radical (unpaired) electrons. The van der Waals surface area contributed by atoms with Gasteiger partial charge in [-0.3, -0.25) is 30.3 Å². The van der Waals surface area contributed by atoms with E-state index in [-0.39, 0.29) is 31.8 Å². The van der Waals surface area contributed by atoms with Crippen LogP contribution in [0.1, 0.15) is 5.56 Å². The van der Waals surface area contributed by atoms with Crippen LogP contribution < -0.4 is 0 Å². The Morgan fingerprint density at radius 2 is 0.742 bits per heavy atom. The maximum Gasteiger partial charge on any atom is 0.277 e. The molecular weight excluding hydrogens is 831 g/mol. The van der Waals surface area contributed by atoms with E-state index in [1.54, 1.807) is 36.4 Å². The SMILES string of the molecule is Cc1cccc2c1ccc1c3cc4nc(cc5[nH]c(cc6nc(cc([nH]3)c12)-c1ccc2c([N+](=O)[O-])cccc2c1-6)c1ccc2c([N+](=O)[O-])cccc2c51)-c1ccc2c([N+](=O)[O-])cccc2c1-4. The highest BCUT2D eigenvalue weighted by molar-refractivity contribution is 6.24. The van der Waals surface area contributed by atoms with Gasteiger partial charge in [0.05, 0.1) is 53.7 Å². The summed E-state index contributed by atoms with van der Waals surface area (Å²) < 4.78 is 0. The summed E-state index contributed by atoms with van der Waals surface area (Å²) in [5.41, 5.74) is 9.23. The van der Waals surface area contributed by atoms with E-state index in [1.165, 1.54) is 18.2 Å². The van der Waals surface area contributed by atoms with Gasteiger partial charge in [0.15, 0.2) is 0 Å². The highest BCUT2D eigenvalue weighted by Crippen LogP contribution is 2.47. The Balaban J connectivity index is 1.26. The van der Waals surface area contributed by atoms with Crippen molar-refractivity contribution in [3.05, 3.63) is 181 Å². The molecule has 0 spiro atoms. The van der Waals surface area contributed by atoms with Gasteiger partial charge < -0.3 is 9.97 Å². The second-order valence-corrected chi connectivity index (χ2v) is 16.8. The molecule has 13 heteroatoms. The molecule has 2 N–H and O–H groups in total. The van der Waals surface area contributed by atoms with Gasteiger partial charge in [-0.25, -0.2) is 9.97 Å². The van der Waals surface area contributed by atoms with Crippen LogP contribution in [0.5, 0.6) is 0 Å². The Bertz CT molecular complexity index is 4250. The lowest BCUT2D eigenvalue weighted by atomic mass is 9.95. The van der Waals surface area contributed by atoms with Crippen LogP contribution >= 0.6 is 0 Å². The number of aromatic amines is 2. The first kappa shape index (κ1) is 37.2. The standard InChI is InChI=1S/C53H29N7O6/c1-26-6-2-7-31-27(26)14-18-35-39-23-44-52-33-9-4-12-48(59(63)64)29(33)16-20-37(52)41(56-44)25-46-53-34-10-5-13-49(60(65)66)30(34)17-21-38(53)42(57-46)24-45-51-32-8-3-11-47(58(61)62)28(32)15-19-36(51)40(55-45)22-43(54-39)50(31)35/h2-25,54,57H,1H3. The average molecular weight is 860 g/mol. The molecule has 8 aromatic carbocycles. The van der Waals surface area contributed by atoms with Crippen LogP contribution in [0.25, 0.3) is 132 Å². The fourth-order valence-electron chi connectivity index (χ4n) is 10.5. The fourth-order valence-corrected chi connectivity index (χ4v) is 10.5. The molecule has 13 rings (SSSR count). The van der Waals surface area contributed by atoms with Gasteiger partial charge in [-0.05, 0) is 81.9 Å². The summed E-state index contributed by atoms with van der Waals surface area (Å²) in [6.45, 7) is 2.08. The molecular formula is C53H29N7O6. The molecule has 2 aliphatic heterocycles. The number of nitrogens with one attached hydrogen (secondary N) is 2. The molecule has 13 nitrogen and oxygen atoms in total. The van der Waals surface area contributed by atoms with Gasteiger partial charge in [0.25, 0.3) is 17.1 Å². The van der Waals surface area contributed by atoms with E-state index in [2.05, 4.69) is 41.2 Å². The van der Waals surface area contributed by atoms with Crippen molar-refractivity contribution in [2.75, 3.05) is 0 Å². The van der Waals surface area contributed by atoms with Crippen LogP contribution in [-0.2, 0) is 0 Å². The van der Waals surface area contributed by atoms with Crippen LogP contribution in [0.15, 0.2) is 146 Å². The van der Waals surface area contributed by atoms with E-state index < -0.39 is 0 Å². The lowest BCUT2D eigenvalue weighted by Crippen LogP contribution is -1.90. The fraction of sp³-hybridized carbons (Fsp3) is 0.0189. The van der Waals surface area contributed by atoms with Crippen LogP contribution in [0.4, 0.5) is 17.1 Å². The van der Waals surface area contributed by atoms with E-state index in [0.29, 0.717) is 66.1 Å². The maximum atomic E-state index is 12.4. The predicted molar refractivity (Wildman–Crippen MR) is 260 cm³/mol. The summed E-state index contributed by atoms with van der Waals surface area (Å²) in [4.78, 5) is 54.0. The minimum absolute atomic E-state index is 0.0193. The molecule has 0 amide bonds. The number of rotatable bonds is 3. The summed E-state index contributed by atoms with van der Waals surface area (Å²) in [5, 5.41) is 46.0. The molecule has 312 valence electrons. The molecule has 0 saturated heterocycles. The number of benzene rings is 8. The number of nitro groups is 3. The summed E-state index contributed by atoms with van der Waals surface area (Å²) in [5.74, 6) is 0. The number of nitrogens with zero attached hydrogens (tertiary/aromatic N) is 5. The number of hydrogen-bond acceptors (Lipinski definition) is 8. The first-order valence-corrected chi connectivity index (χ1v) is 21.1. The van der Waals surface area contributed by atoms with Crippen molar-refractivity contribution in [1.29, 1.82) is 0 Å². The number of non-ortho nitro benzene ring substituents is 3. The zero-order chi connectivity index (χ0) is 44.7. The third-order valence-corrected chi connectivity index (χ3v) is 13.3. The number of hydrogen-bond donors (Lipinski definition) is 2. The molecule has 11 aromatic rings. The Morgan fingerprint density at radius 1 is 0.379 bits per heavy atom. The highest BCUT2D eigenvalue weighted by Gasteiger charge is 2.26. The van der Waals surface area contributed by atoms with Gasteiger partial charge in [0.1, 0.15) is 0 Å². The van der Waals surface area contributed by atoms with Crippen molar-refractivity contribution >= 4 is 104 Å². The van der Waals surface area contributed by atoms with Crippen molar-refractivity contribution in [3.8, 4) is 45.0 Å². The summed E-state index contributed by atoms with van der Waals surface area (Å²) in [6.07, 6.45) is 0. The Labute approximate surface area is 370 Å². The first-order valence-electron chi connectivity index (χ1n) is 21.1. The molecule has 8 bridgehead atoms. The lowest BCUT2D eigenvalue weighted by molar-refractivity contribution is -0.383. The Kier molecular flexibility index (Phi) is 7.52. The quantitative estimate of drug-likeness (QED) is 0.130. The van der Waals surface area contributed by atoms with Gasteiger partial charge in [-0.1, -0.05) is 84.9 Å². The minimum atomic E-state index is -0.390. The van der Waals surface area contributed by atoms with Gasteiger partial charge >= 0.3 is 0 Å². The van der Waals surface area contributed by atoms with E-state index in [1.807, 2.05) is 66.7 Å². The largest absolute Gasteiger partial charge is 0.354 e. The highest BCUT2D eigenvalue weighted by atomic mass is 16.6. The molecule has 2 aliphatic rings. The molecule has 0 atom stereocenters. The predicted octanol–water partition coefficient (Wildman–Crippen LogP) is 13.9. The van der Waals surface area contributed by atoms with Crippen molar-refractivity contribution in [2.24, 2.45) is 0 Å². The molecule has 0 unspecified atom stereocenters. The van der Waals surface area contributed by atoms with Crippen LogP contribution in [-0.4, -0.2) is 34.7 Å². The second-order valence-electron chi connectivity index (χ2n) is 16.8.